The zero-order valence-electron chi connectivity index (χ0n) is 68.4. The number of fused-ring (bicyclic) bond motifs is 3. The third-order valence-electron chi connectivity index (χ3n) is 18.3. The summed E-state index contributed by atoms with van der Waals surface area (Å²) in [4.78, 5) is 182. The number of methoxy groups -OCH3 is 1. The normalized spacial score (nSPS) is 26.2. The van der Waals surface area contributed by atoms with Gasteiger partial charge in [0.2, 0.25) is 17.8 Å². The van der Waals surface area contributed by atoms with Crippen LogP contribution in [0.15, 0.2) is 50.4 Å². The predicted molar refractivity (Wildman–Crippen MR) is 453 cm³/mol. The van der Waals surface area contributed by atoms with Gasteiger partial charge in [0.05, 0.1) is 130 Å². The maximum atomic E-state index is 13.7. The molecule has 13 unspecified atom stereocenters. The monoisotopic (exact) mass is 2100 g/mol. The van der Waals surface area contributed by atoms with E-state index in [1.807, 2.05) is 0 Å². The highest BCUT2D eigenvalue weighted by molar-refractivity contribution is 8.07. The van der Waals surface area contributed by atoms with Crippen molar-refractivity contribution in [2.24, 2.45) is 0 Å². The van der Waals surface area contributed by atoms with Crippen LogP contribution in [0.4, 0.5) is 23.7 Å². The Kier molecular flexibility index (Phi) is 37.3. The molecule has 0 aromatic carbocycles. The Bertz CT molecular complexity index is 5820. The second-order valence-electron chi connectivity index (χ2n) is 28.3. The van der Waals surface area contributed by atoms with E-state index < -0.39 is 268 Å². The number of aromatic amines is 3. The Balaban J connectivity index is 0.570. The second-order valence-corrected chi connectivity index (χ2v) is 45.3. The van der Waals surface area contributed by atoms with Crippen molar-refractivity contribution in [3.63, 3.8) is 0 Å². The first-order chi connectivity index (χ1) is 61.5. The van der Waals surface area contributed by atoms with E-state index >= 15 is 0 Å². The first kappa shape index (κ1) is 107. The van der Waals surface area contributed by atoms with Gasteiger partial charge in [0.15, 0.2) is 39.7 Å². The minimum absolute atomic E-state index is 0.0373. The van der Waals surface area contributed by atoms with E-state index in [1.165, 1.54) is 45.7 Å². The molecule has 21 N–H and O–H groups in total. The van der Waals surface area contributed by atoms with E-state index in [0.717, 1.165) is 10.9 Å². The molecule has 0 bridgehead atoms. The summed E-state index contributed by atoms with van der Waals surface area (Å²) in [5.74, 6) is -0.950. The number of nitrogens with two attached hydrogens (primary N) is 4. The van der Waals surface area contributed by atoms with Gasteiger partial charge in [-0.25, -0.2) is 47.1 Å². The average molecular weight is 2110 g/mol. The second kappa shape index (κ2) is 45.8. The van der Waals surface area contributed by atoms with Crippen LogP contribution in [0.1, 0.15) is 90.1 Å². The van der Waals surface area contributed by atoms with Crippen LogP contribution in [-0.4, -0.2) is 278 Å². The lowest BCUT2D eigenvalue weighted by atomic mass is 10.1. The van der Waals surface area contributed by atoms with Gasteiger partial charge >= 0.3 is 72.8 Å². The number of hydrogen-bond acceptors (Lipinski definition) is 48. The molecule has 73 heteroatoms. The molecule has 7 aromatic rings. The zero-order chi connectivity index (χ0) is 95.4. The Morgan fingerprint density at radius 3 is 1.10 bits per heavy atom. The Morgan fingerprint density at radius 1 is 0.427 bits per heavy atom. The summed E-state index contributed by atoms with van der Waals surface area (Å²) in [6.07, 6.45) is -14.7. The quantitative estimate of drug-likeness (QED) is 0.0188. The van der Waals surface area contributed by atoms with Gasteiger partial charge in [0, 0.05) is 32.6 Å². The lowest BCUT2D eigenvalue weighted by Gasteiger charge is -2.28. The van der Waals surface area contributed by atoms with Crippen LogP contribution in [0, 0.1) is 0 Å². The summed E-state index contributed by atoms with van der Waals surface area (Å²) >= 11 is 16.1. The molecule has 0 radical (unpaired) electrons. The summed E-state index contributed by atoms with van der Waals surface area (Å²) in [5, 5.41) is 10.3. The molecule has 11 heterocycles. The van der Waals surface area contributed by atoms with Crippen molar-refractivity contribution in [3.8, 4) is 0 Å². The lowest BCUT2D eigenvalue weighted by molar-refractivity contribution is -0.0625. The van der Waals surface area contributed by atoms with Gasteiger partial charge in [-0.3, -0.25) is 106 Å². The van der Waals surface area contributed by atoms with E-state index in [9.17, 15) is 95.7 Å². The van der Waals surface area contributed by atoms with Crippen molar-refractivity contribution in [1.82, 2.24) is 68.1 Å². The molecule has 61 nitrogen and oxygen atoms in total. The SMILES string of the molecule is CO[C@H]1C(OP(O)(=S)OC(C)C)[C@@H](COP(=O)(O)OCCCOP(=O)(O)OCCCOP(=O)(O)OCCCOP(=O)(O)OCCCOP(=O)(O)OCCCOP(=O)(O)OC2C[C@H](n3cnc4c(=O)[nH]c(N)nc43)O[C@@H]2COP(O)(=S)OC2C[C@H](n3cnc4c(=O)[nH]c(N)nc43)O[C@@H]2COP(O)(=S)OC2C[C@H](n3cnc4c(=O)[nH]c(N)nc43)O[C@@H]2CO)O[C@H]1n1ccc(N)nc1=O. The summed E-state index contributed by atoms with van der Waals surface area (Å²) in [6.45, 7) is -18.8. The van der Waals surface area contributed by atoms with Crippen molar-refractivity contribution in [2.75, 3.05) is 123 Å². The Hall–Kier alpha value is -4.86. The first-order valence-corrected chi connectivity index (χ1v) is 55.3. The number of aliphatic hydroxyl groups excluding tert-OH is 1. The lowest BCUT2D eigenvalue weighted by Crippen LogP contribution is -2.39. The summed E-state index contributed by atoms with van der Waals surface area (Å²) in [7, 11) is -28.2. The summed E-state index contributed by atoms with van der Waals surface area (Å²) < 4.78 is 205. The number of anilines is 4. The number of rotatable bonds is 55. The van der Waals surface area contributed by atoms with Crippen LogP contribution in [-0.2, 0) is 168 Å². The molecule has 4 saturated heterocycles. The van der Waals surface area contributed by atoms with Gasteiger partial charge in [-0.2, -0.15) is 19.9 Å². The number of imidazole rings is 3. The maximum Gasteiger partial charge on any atom is 0.472 e. The number of aliphatic hydroxyl groups is 1. The number of aromatic nitrogens is 14. The molecule has 0 spiro atoms. The molecular formula is C58H93N18O43P9S3. The molecule has 4 fully saturated rings. The van der Waals surface area contributed by atoms with Gasteiger partial charge in [-0.1, -0.05) is 0 Å². The molecule has 131 heavy (non-hydrogen) atoms. The van der Waals surface area contributed by atoms with Gasteiger partial charge in [0.1, 0.15) is 67.2 Å². The number of phosphoric acid groups is 6. The van der Waals surface area contributed by atoms with Crippen LogP contribution < -0.4 is 45.3 Å². The highest BCUT2D eigenvalue weighted by Crippen LogP contribution is 2.57. The number of ether oxygens (including phenoxy) is 5. The molecule has 4 aliphatic heterocycles. The third kappa shape index (κ3) is 30.8. The topological polar surface area (TPSA) is 847 Å². The van der Waals surface area contributed by atoms with E-state index in [4.69, 9.17) is 163 Å². The number of hydrogen-bond donors (Lipinski definition) is 17. The van der Waals surface area contributed by atoms with Gasteiger partial charge in [-0.15, -0.1) is 0 Å². The molecule has 736 valence electrons. The number of phosphoric ester groups is 6. The molecule has 0 amide bonds. The fourth-order valence-corrected chi connectivity index (χ4v) is 22.6. The van der Waals surface area contributed by atoms with Crippen LogP contribution in [0.5, 0.6) is 0 Å². The van der Waals surface area contributed by atoms with E-state index in [-0.39, 0.29) is 109 Å². The van der Waals surface area contributed by atoms with Crippen molar-refractivity contribution in [2.45, 2.75) is 151 Å². The zero-order valence-corrected chi connectivity index (χ0v) is 78.9. The minimum atomic E-state index is -5.21. The van der Waals surface area contributed by atoms with Crippen LogP contribution >= 0.6 is 67.1 Å². The maximum absolute atomic E-state index is 13.7. The molecule has 0 aliphatic carbocycles. The van der Waals surface area contributed by atoms with Crippen molar-refractivity contribution >= 4 is 160 Å². The van der Waals surface area contributed by atoms with E-state index in [1.54, 1.807) is 13.8 Å². The standard InChI is InChI=1S/C58H93N18O43P9S3/c1-31(2)115-128(96,131)119-46-38(114-54(47(46)97-3)73-10-9-39(59)66-58(73)81)27-108-124(90,91)106-19-7-17-104-122(86,87)102-15-5-13-100-120(82,83)98-11-4-12-99-121(84,85)101-14-6-16-103-123(88,89)105-18-8-20-107-125(92,93)116-33-22-41(75-29-64-44-49(75)68-56(61)71-52(44)79)112-36(33)25-109-127(95,130)118-34-23-42(76-30-65-45-50(76)69-57(62)72-53(45)80)113-37(34)26-110-126(94,129)117-32-21-40(111-35(32)24-77)74-28-63-43-48(74)67-55(60)70-51(43)78/h9-10,28-38,40-42,46-47,54,77H,4-8,11-27H2,1-3H3,(H,82,83)(H,84,85)(H,86,87)(H,88,89)(H,90,91)(H,92,93)(H,94,129)(H,95,130)(H,96,131)(H2,59,66,81)(H3,60,67,70,78)(H3,61,68,71,79)(H3,62,69,72,80)/t32?,33?,34?,35-,36-,37-,38-,40-,41-,42-,46?,47+,54-,126?,127?,128?/m1/s1. The molecule has 22 atom stereocenters. The van der Waals surface area contributed by atoms with Crippen LogP contribution in [0.3, 0.4) is 0 Å². The molecule has 11 rings (SSSR count). The molecule has 4 aliphatic rings. The molecule has 0 saturated carbocycles. The highest BCUT2D eigenvalue weighted by atomic mass is 32.5. The number of H-pyrrole nitrogens is 3. The van der Waals surface area contributed by atoms with Gasteiger partial charge in [-0.05, 0) is 87.4 Å². The smallest absolute Gasteiger partial charge is 0.394 e. The van der Waals surface area contributed by atoms with Crippen LogP contribution in [0.25, 0.3) is 33.5 Å². The molecular weight excluding hydrogens is 2010 g/mol. The minimum Gasteiger partial charge on any atom is -0.394 e. The summed E-state index contributed by atoms with van der Waals surface area (Å²) in [5.41, 5.74) is 19.6. The Morgan fingerprint density at radius 2 is 0.756 bits per heavy atom. The number of nitrogens with zero attached hydrogens (tertiary/aromatic N) is 11. The van der Waals surface area contributed by atoms with Gasteiger partial charge < -0.3 is 118 Å². The third-order valence-corrected chi connectivity index (χ3v) is 29.3. The van der Waals surface area contributed by atoms with Gasteiger partial charge in [0.25, 0.3) is 16.7 Å². The number of nitrogens with one attached hydrogen (secondary N) is 3. The largest absolute Gasteiger partial charge is 0.472 e. The van der Waals surface area contributed by atoms with Crippen molar-refractivity contribution in [3.05, 3.63) is 72.8 Å². The van der Waals surface area contributed by atoms with Crippen molar-refractivity contribution < 1.29 is 182 Å². The van der Waals surface area contributed by atoms with Crippen molar-refractivity contribution in [1.29, 1.82) is 0 Å². The predicted octanol–water partition coefficient (Wildman–Crippen LogP) is 1.12. The summed E-state index contributed by atoms with van der Waals surface area (Å²) in [6, 6.07) is 1.29. The highest BCUT2D eigenvalue weighted by Gasteiger charge is 2.52. The Labute approximate surface area is 752 Å². The van der Waals surface area contributed by atoms with E-state index in [0.29, 0.717) is 0 Å². The van der Waals surface area contributed by atoms with E-state index in [2.05, 4.69) is 49.8 Å². The average Bonchev–Trinajstić information content (AvgIpc) is 1.66. The fraction of sp³-hybridized carbons (Fsp3) is 0.672. The van der Waals surface area contributed by atoms with Crippen LogP contribution in [0.2, 0.25) is 0 Å². The molecule has 7 aromatic heterocycles. The first-order valence-electron chi connectivity index (χ1n) is 38.5. The fourth-order valence-electron chi connectivity index (χ4n) is 12.8. The number of nitrogen functional groups attached to an aromatic ring is 4.